The molecule has 0 spiro atoms. The van der Waals surface area contributed by atoms with Gasteiger partial charge in [-0.3, -0.25) is 14.4 Å². The highest BCUT2D eigenvalue weighted by atomic mass is 16.5. The van der Waals surface area contributed by atoms with Crippen molar-refractivity contribution in [3.05, 3.63) is 47.0 Å². The maximum atomic E-state index is 12.5. The van der Waals surface area contributed by atoms with Crippen molar-refractivity contribution in [3.63, 3.8) is 0 Å². The molecule has 0 unspecified atom stereocenters. The Hall–Kier alpha value is -2.23. The predicted octanol–water partition coefficient (Wildman–Crippen LogP) is 6.24. The molecule has 1 aliphatic carbocycles. The van der Waals surface area contributed by atoms with Gasteiger partial charge in [-0.25, -0.2) is 0 Å². The lowest BCUT2D eigenvalue weighted by atomic mass is 9.87. The number of carbonyl (C=O) groups excluding carboxylic acids is 3. The lowest BCUT2D eigenvalue weighted by Crippen LogP contribution is -2.16. The van der Waals surface area contributed by atoms with Crippen LogP contribution in [0.3, 0.4) is 0 Å². The second kappa shape index (κ2) is 13.1. The number of ketones is 2. The van der Waals surface area contributed by atoms with Crippen molar-refractivity contribution in [2.45, 2.75) is 84.0 Å². The molecule has 29 heavy (non-hydrogen) atoms. The van der Waals surface area contributed by atoms with Gasteiger partial charge in [-0.1, -0.05) is 82.1 Å². The number of allylic oxidation sites excluding steroid dienone is 2. The van der Waals surface area contributed by atoms with Crippen LogP contribution in [0.1, 0.15) is 105 Å². The lowest BCUT2D eigenvalue weighted by Gasteiger charge is -2.14. The second-order valence-corrected chi connectivity index (χ2v) is 7.89. The van der Waals surface area contributed by atoms with Crippen LogP contribution in [0.2, 0.25) is 0 Å². The number of benzene rings is 1. The molecule has 0 atom stereocenters. The molecular weight excluding hydrogens is 364 g/mol. The van der Waals surface area contributed by atoms with Crippen molar-refractivity contribution in [3.8, 4) is 0 Å². The summed E-state index contributed by atoms with van der Waals surface area (Å²) < 4.78 is 4.92. The Morgan fingerprint density at radius 3 is 1.86 bits per heavy atom. The third-order valence-corrected chi connectivity index (χ3v) is 5.43. The van der Waals surface area contributed by atoms with E-state index in [9.17, 15) is 14.4 Å². The number of ether oxygens (including phenoxy) is 1. The first-order valence-corrected chi connectivity index (χ1v) is 11.1. The standard InChI is InChI=1S/C25H34O4/c1-20(26)29-18-14-10-8-6-4-2-3-5-7-9-11-15-21-19-24(27)22-16-12-13-17-23(22)25(21)28/h12-13,16-17,19H,2-11,14-15,18H2,1H3. The first kappa shape index (κ1) is 23.1. The molecule has 1 aromatic carbocycles. The summed E-state index contributed by atoms with van der Waals surface area (Å²) in [6, 6.07) is 7.10. The molecule has 0 bridgehead atoms. The average molecular weight is 399 g/mol. The molecule has 1 aromatic rings. The zero-order chi connectivity index (χ0) is 20.9. The molecule has 0 saturated carbocycles. The van der Waals surface area contributed by atoms with Crippen LogP contribution < -0.4 is 0 Å². The zero-order valence-corrected chi connectivity index (χ0v) is 17.7. The van der Waals surface area contributed by atoms with Gasteiger partial charge in [0.15, 0.2) is 11.6 Å². The summed E-state index contributed by atoms with van der Waals surface area (Å²) in [6.07, 6.45) is 15.1. The quantitative estimate of drug-likeness (QED) is 0.275. The molecule has 0 N–H and O–H groups in total. The summed E-state index contributed by atoms with van der Waals surface area (Å²) >= 11 is 0. The number of rotatable bonds is 14. The van der Waals surface area contributed by atoms with E-state index in [0.717, 1.165) is 25.7 Å². The van der Waals surface area contributed by atoms with Crippen LogP contribution in [0.5, 0.6) is 0 Å². The van der Waals surface area contributed by atoms with Gasteiger partial charge in [0.2, 0.25) is 0 Å². The van der Waals surface area contributed by atoms with Gasteiger partial charge < -0.3 is 4.74 Å². The average Bonchev–Trinajstić information content (AvgIpc) is 2.71. The minimum Gasteiger partial charge on any atom is -0.466 e. The minimum absolute atomic E-state index is 0.0213. The van der Waals surface area contributed by atoms with Crippen molar-refractivity contribution in [2.24, 2.45) is 0 Å². The van der Waals surface area contributed by atoms with E-state index in [1.165, 1.54) is 57.9 Å². The number of unbranched alkanes of at least 4 members (excludes halogenated alkanes) is 10. The van der Waals surface area contributed by atoms with Crippen LogP contribution in [0.15, 0.2) is 35.9 Å². The van der Waals surface area contributed by atoms with Crippen LogP contribution in [0.25, 0.3) is 0 Å². The minimum atomic E-state index is -0.189. The molecule has 1 aliphatic rings. The molecule has 0 fully saturated rings. The topological polar surface area (TPSA) is 60.4 Å². The Morgan fingerprint density at radius 2 is 1.28 bits per heavy atom. The number of hydrogen-bond acceptors (Lipinski definition) is 4. The molecule has 0 aromatic heterocycles. The fourth-order valence-electron chi connectivity index (χ4n) is 3.78. The third kappa shape index (κ3) is 8.35. The van der Waals surface area contributed by atoms with Crippen LogP contribution in [0.4, 0.5) is 0 Å². The van der Waals surface area contributed by atoms with Gasteiger partial charge >= 0.3 is 5.97 Å². The molecule has 0 aliphatic heterocycles. The molecule has 0 amide bonds. The maximum Gasteiger partial charge on any atom is 0.302 e. The normalized spacial score (nSPS) is 13.2. The predicted molar refractivity (Wildman–Crippen MR) is 115 cm³/mol. The van der Waals surface area contributed by atoms with Crippen LogP contribution in [0, 0.1) is 0 Å². The number of hydrogen-bond donors (Lipinski definition) is 0. The smallest absolute Gasteiger partial charge is 0.302 e. The summed E-state index contributed by atoms with van der Waals surface area (Å²) in [4.78, 5) is 35.3. The van der Waals surface area contributed by atoms with E-state index >= 15 is 0 Å². The van der Waals surface area contributed by atoms with Crippen molar-refractivity contribution < 1.29 is 19.1 Å². The largest absolute Gasteiger partial charge is 0.466 e. The molecule has 0 radical (unpaired) electrons. The van der Waals surface area contributed by atoms with Crippen molar-refractivity contribution in [2.75, 3.05) is 6.61 Å². The van der Waals surface area contributed by atoms with Crippen LogP contribution in [-0.2, 0) is 9.53 Å². The Balaban J connectivity index is 1.45. The monoisotopic (exact) mass is 398 g/mol. The van der Waals surface area contributed by atoms with Crippen LogP contribution >= 0.6 is 0 Å². The molecule has 4 heteroatoms. The van der Waals surface area contributed by atoms with Gasteiger partial charge in [0.25, 0.3) is 0 Å². The van der Waals surface area contributed by atoms with E-state index in [1.54, 1.807) is 18.2 Å². The summed E-state index contributed by atoms with van der Waals surface area (Å²) in [6.45, 7) is 2.01. The summed E-state index contributed by atoms with van der Waals surface area (Å²) in [5, 5.41) is 0. The lowest BCUT2D eigenvalue weighted by molar-refractivity contribution is -0.141. The molecule has 158 valence electrons. The van der Waals surface area contributed by atoms with E-state index < -0.39 is 0 Å². The Labute approximate surface area is 174 Å². The molecular formula is C25H34O4. The summed E-state index contributed by atoms with van der Waals surface area (Å²) in [5.74, 6) is -0.208. The Morgan fingerprint density at radius 1 is 0.759 bits per heavy atom. The molecule has 0 heterocycles. The number of carbonyl (C=O) groups is 3. The Bertz CT molecular complexity index is 717. The first-order chi connectivity index (χ1) is 14.1. The van der Waals surface area contributed by atoms with E-state index in [4.69, 9.17) is 4.74 Å². The van der Waals surface area contributed by atoms with E-state index in [1.807, 2.05) is 6.07 Å². The van der Waals surface area contributed by atoms with Gasteiger partial charge in [0, 0.05) is 23.6 Å². The van der Waals surface area contributed by atoms with Crippen LogP contribution in [-0.4, -0.2) is 24.1 Å². The van der Waals surface area contributed by atoms with Crippen molar-refractivity contribution in [1.82, 2.24) is 0 Å². The van der Waals surface area contributed by atoms with E-state index in [-0.39, 0.29) is 17.5 Å². The number of fused-ring (bicyclic) bond motifs is 1. The summed E-state index contributed by atoms with van der Waals surface area (Å²) in [5.41, 5.74) is 1.76. The SMILES string of the molecule is CC(=O)OCCCCCCCCCCCCCC1=CC(=O)c2ccccc2C1=O. The number of Topliss-reactive ketones (excluding diaryl/α,β-unsaturated/α-hetero) is 1. The Kier molecular flexibility index (Phi) is 10.4. The first-order valence-electron chi connectivity index (χ1n) is 11.1. The highest BCUT2D eigenvalue weighted by molar-refractivity contribution is 6.24. The van der Waals surface area contributed by atoms with E-state index in [2.05, 4.69) is 0 Å². The van der Waals surface area contributed by atoms with E-state index in [0.29, 0.717) is 29.7 Å². The van der Waals surface area contributed by atoms with Gasteiger partial charge in [-0.05, 0) is 25.3 Å². The van der Waals surface area contributed by atoms with Gasteiger partial charge in [-0.2, -0.15) is 0 Å². The highest BCUT2D eigenvalue weighted by Gasteiger charge is 2.24. The molecule has 0 saturated heterocycles. The number of esters is 1. The third-order valence-electron chi connectivity index (χ3n) is 5.43. The molecule has 2 rings (SSSR count). The molecule has 4 nitrogen and oxygen atoms in total. The fraction of sp³-hybridized carbons (Fsp3) is 0.560. The van der Waals surface area contributed by atoms with Crippen molar-refractivity contribution >= 4 is 17.5 Å². The summed E-state index contributed by atoms with van der Waals surface area (Å²) in [7, 11) is 0. The second-order valence-electron chi connectivity index (χ2n) is 7.89. The highest BCUT2D eigenvalue weighted by Crippen LogP contribution is 2.24. The van der Waals surface area contributed by atoms with Gasteiger partial charge in [0.05, 0.1) is 6.61 Å². The maximum absolute atomic E-state index is 12.5. The van der Waals surface area contributed by atoms with Crippen molar-refractivity contribution in [1.29, 1.82) is 0 Å². The van der Waals surface area contributed by atoms with Gasteiger partial charge in [-0.15, -0.1) is 0 Å². The zero-order valence-electron chi connectivity index (χ0n) is 17.7. The van der Waals surface area contributed by atoms with Gasteiger partial charge in [0.1, 0.15) is 0 Å². The fourth-order valence-corrected chi connectivity index (χ4v) is 3.78.